The summed E-state index contributed by atoms with van der Waals surface area (Å²) >= 11 is 0. The molecule has 6 nitrogen and oxygen atoms in total. The molecule has 2 aliphatic heterocycles. The van der Waals surface area contributed by atoms with Crippen molar-refractivity contribution in [2.24, 2.45) is 0 Å². The lowest BCUT2D eigenvalue weighted by atomic mass is 9.96. The Balaban J connectivity index is 1.50. The van der Waals surface area contributed by atoms with Crippen LogP contribution in [0.25, 0.3) is 0 Å². The molecule has 0 radical (unpaired) electrons. The molecule has 0 spiro atoms. The number of rotatable bonds is 4. The van der Waals surface area contributed by atoms with Gasteiger partial charge in [-0.1, -0.05) is 19.3 Å². The number of carbonyl (C=O) groups excluding carboxylic acids is 1. The predicted molar refractivity (Wildman–Crippen MR) is 110 cm³/mol. The van der Waals surface area contributed by atoms with Crippen LogP contribution >= 0.6 is 0 Å². The fraction of sp³-hybridized carbons (Fsp3) is 0.667. The molecule has 0 bridgehead atoms. The van der Waals surface area contributed by atoms with Crippen molar-refractivity contribution in [3.05, 3.63) is 18.2 Å². The maximum Gasteiger partial charge on any atom is 0.319 e. The number of nitrogens with zero attached hydrogens (tertiary/aromatic N) is 2. The first-order valence-electron chi connectivity index (χ1n) is 10.6. The summed E-state index contributed by atoms with van der Waals surface area (Å²) in [6.07, 6.45) is 8.41. The van der Waals surface area contributed by atoms with E-state index >= 15 is 0 Å². The van der Waals surface area contributed by atoms with E-state index in [2.05, 4.69) is 38.6 Å². The Bertz CT molecular complexity index is 633. The molecule has 1 aromatic carbocycles. The van der Waals surface area contributed by atoms with Crippen LogP contribution in [0.1, 0.15) is 44.9 Å². The van der Waals surface area contributed by atoms with Crippen LogP contribution in [0.15, 0.2) is 18.2 Å². The van der Waals surface area contributed by atoms with Gasteiger partial charge in [0, 0.05) is 37.9 Å². The van der Waals surface area contributed by atoms with Crippen LogP contribution in [0.4, 0.5) is 21.9 Å². The van der Waals surface area contributed by atoms with Gasteiger partial charge in [0.2, 0.25) is 0 Å². The van der Waals surface area contributed by atoms with Crippen molar-refractivity contribution < 1.29 is 9.53 Å². The number of morpholine rings is 1. The Hall–Kier alpha value is -1.95. The molecular formula is C21H32N4O2. The van der Waals surface area contributed by atoms with Gasteiger partial charge in [-0.25, -0.2) is 4.79 Å². The number of ether oxygens (including phenoxy) is 1. The molecule has 6 heteroatoms. The second kappa shape index (κ2) is 8.83. The summed E-state index contributed by atoms with van der Waals surface area (Å²) in [4.78, 5) is 17.4. The predicted octanol–water partition coefficient (Wildman–Crippen LogP) is 3.58. The molecule has 2 heterocycles. The van der Waals surface area contributed by atoms with Crippen LogP contribution in [0.3, 0.4) is 0 Å². The van der Waals surface area contributed by atoms with Crippen LogP contribution in [0, 0.1) is 0 Å². The fourth-order valence-electron chi connectivity index (χ4n) is 4.47. The van der Waals surface area contributed by atoms with E-state index in [9.17, 15) is 4.79 Å². The second-order valence-corrected chi connectivity index (χ2v) is 7.93. The minimum absolute atomic E-state index is 0.0741. The summed E-state index contributed by atoms with van der Waals surface area (Å²) in [5, 5.41) is 6.34. The van der Waals surface area contributed by atoms with Gasteiger partial charge in [0.25, 0.3) is 0 Å². The smallest absolute Gasteiger partial charge is 0.319 e. The molecule has 0 aromatic heterocycles. The van der Waals surface area contributed by atoms with E-state index in [0.717, 1.165) is 63.6 Å². The molecule has 2 amide bonds. The molecule has 27 heavy (non-hydrogen) atoms. The van der Waals surface area contributed by atoms with Gasteiger partial charge in [0.1, 0.15) is 0 Å². The van der Waals surface area contributed by atoms with Crippen molar-refractivity contribution in [2.45, 2.75) is 51.0 Å². The second-order valence-electron chi connectivity index (χ2n) is 7.93. The van der Waals surface area contributed by atoms with E-state index < -0.39 is 0 Å². The Morgan fingerprint density at radius 3 is 2.41 bits per heavy atom. The number of hydrogen-bond donors (Lipinski definition) is 2. The zero-order valence-corrected chi connectivity index (χ0v) is 16.2. The van der Waals surface area contributed by atoms with Crippen molar-refractivity contribution in [1.82, 2.24) is 5.32 Å². The number of benzene rings is 1. The summed E-state index contributed by atoms with van der Waals surface area (Å²) in [6.45, 7) is 5.41. The maximum atomic E-state index is 12.7. The molecule has 0 unspecified atom stereocenters. The monoisotopic (exact) mass is 372 g/mol. The summed E-state index contributed by atoms with van der Waals surface area (Å²) in [5.74, 6) is 0. The highest BCUT2D eigenvalue weighted by Crippen LogP contribution is 2.33. The highest BCUT2D eigenvalue weighted by atomic mass is 16.5. The average molecular weight is 373 g/mol. The number of nitrogens with one attached hydrogen (secondary N) is 2. The Kier molecular flexibility index (Phi) is 6.02. The van der Waals surface area contributed by atoms with Gasteiger partial charge < -0.3 is 25.2 Å². The zero-order chi connectivity index (χ0) is 18.5. The molecule has 3 aliphatic rings. The topological polar surface area (TPSA) is 56.8 Å². The number of urea groups is 1. The lowest BCUT2D eigenvalue weighted by molar-refractivity contribution is 0.123. The average Bonchev–Trinajstić information content (AvgIpc) is 3.24. The molecule has 4 rings (SSSR count). The van der Waals surface area contributed by atoms with E-state index in [1.54, 1.807) is 0 Å². The summed E-state index contributed by atoms with van der Waals surface area (Å²) in [7, 11) is 0. The highest BCUT2D eigenvalue weighted by Gasteiger charge is 2.21. The van der Waals surface area contributed by atoms with Crippen LogP contribution in [-0.2, 0) is 4.74 Å². The van der Waals surface area contributed by atoms with Gasteiger partial charge in [-0.2, -0.15) is 0 Å². The number of hydrogen-bond acceptors (Lipinski definition) is 4. The van der Waals surface area contributed by atoms with Crippen molar-refractivity contribution in [3.8, 4) is 0 Å². The van der Waals surface area contributed by atoms with Crippen LogP contribution < -0.4 is 20.4 Å². The van der Waals surface area contributed by atoms with E-state index in [4.69, 9.17) is 4.74 Å². The molecule has 148 valence electrons. The van der Waals surface area contributed by atoms with Gasteiger partial charge in [-0.3, -0.25) is 0 Å². The minimum Gasteiger partial charge on any atom is -0.378 e. The van der Waals surface area contributed by atoms with Crippen molar-refractivity contribution in [3.63, 3.8) is 0 Å². The molecule has 1 aromatic rings. The summed E-state index contributed by atoms with van der Waals surface area (Å²) in [5.41, 5.74) is 3.21. The van der Waals surface area contributed by atoms with E-state index in [0.29, 0.717) is 6.04 Å². The number of anilines is 3. The standard InChI is InChI=1S/C21H32N4O2/c26-21(22-17-6-2-1-3-7-17)23-19-16-18(24-10-4-5-11-24)8-9-20(19)25-12-14-27-15-13-25/h8-9,16-17H,1-7,10-15H2,(H2,22,23,26). The van der Waals surface area contributed by atoms with Crippen molar-refractivity contribution in [2.75, 3.05) is 54.5 Å². The normalized spacial score (nSPS) is 21.3. The first kappa shape index (κ1) is 18.4. The maximum absolute atomic E-state index is 12.7. The lowest BCUT2D eigenvalue weighted by Gasteiger charge is -2.32. The van der Waals surface area contributed by atoms with E-state index in [-0.39, 0.29) is 6.03 Å². The SMILES string of the molecule is O=C(Nc1cc(N2CCCC2)ccc1N1CCOCC1)NC1CCCCC1. The largest absolute Gasteiger partial charge is 0.378 e. The van der Waals surface area contributed by atoms with Crippen LogP contribution in [0.2, 0.25) is 0 Å². The molecule has 1 aliphatic carbocycles. The third-order valence-corrected chi connectivity index (χ3v) is 5.99. The number of amides is 2. The van der Waals surface area contributed by atoms with Gasteiger partial charge >= 0.3 is 6.03 Å². The number of carbonyl (C=O) groups is 1. The molecule has 0 atom stereocenters. The Labute approximate surface area is 162 Å². The Morgan fingerprint density at radius 1 is 0.926 bits per heavy atom. The van der Waals surface area contributed by atoms with Gasteiger partial charge in [-0.05, 0) is 43.9 Å². The van der Waals surface area contributed by atoms with Gasteiger partial charge in [0.05, 0.1) is 24.6 Å². The first-order valence-corrected chi connectivity index (χ1v) is 10.6. The van der Waals surface area contributed by atoms with E-state index in [1.807, 2.05) is 0 Å². The van der Waals surface area contributed by atoms with Crippen molar-refractivity contribution >= 4 is 23.1 Å². The lowest BCUT2D eigenvalue weighted by Crippen LogP contribution is -2.40. The zero-order valence-electron chi connectivity index (χ0n) is 16.2. The quantitative estimate of drug-likeness (QED) is 0.848. The molecule has 3 fully saturated rings. The van der Waals surface area contributed by atoms with Crippen LogP contribution in [0.5, 0.6) is 0 Å². The third-order valence-electron chi connectivity index (χ3n) is 5.99. The molecular weight excluding hydrogens is 340 g/mol. The summed E-state index contributed by atoms with van der Waals surface area (Å²) in [6, 6.07) is 6.74. The fourth-order valence-corrected chi connectivity index (χ4v) is 4.47. The minimum atomic E-state index is -0.0741. The molecule has 1 saturated carbocycles. The van der Waals surface area contributed by atoms with Gasteiger partial charge in [-0.15, -0.1) is 0 Å². The third kappa shape index (κ3) is 4.67. The van der Waals surface area contributed by atoms with Crippen LogP contribution in [-0.4, -0.2) is 51.5 Å². The molecule has 2 N–H and O–H groups in total. The Morgan fingerprint density at radius 2 is 1.67 bits per heavy atom. The summed E-state index contributed by atoms with van der Waals surface area (Å²) < 4.78 is 5.50. The van der Waals surface area contributed by atoms with E-state index in [1.165, 1.54) is 37.8 Å². The van der Waals surface area contributed by atoms with Crippen molar-refractivity contribution in [1.29, 1.82) is 0 Å². The highest BCUT2D eigenvalue weighted by molar-refractivity contribution is 5.94. The van der Waals surface area contributed by atoms with Gasteiger partial charge in [0.15, 0.2) is 0 Å². The molecule has 2 saturated heterocycles. The first-order chi connectivity index (χ1) is 13.3.